The van der Waals surface area contributed by atoms with Gasteiger partial charge in [0.2, 0.25) is 0 Å². The summed E-state index contributed by atoms with van der Waals surface area (Å²) < 4.78 is 0. The number of hydrogen-bond donors (Lipinski definition) is 0. The zero-order valence-corrected chi connectivity index (χ0v) is 35.4. The van der Waals surface area contributed by atoms with Gasteiger partial charge in [-0.1, -0.05) is 218 Å². The predicted molar refractivity (Wildman–Crippen MR) is 266 cm³/mol. The van der Waals surface area contributed by atoms with Gasteiger partial charge in [0.25, 0.3) is 0 Å². The van der Waals surface area contributed by atoms with Gasteiger partial charge in [0.1, 0.15) is 0 Å². The van der Waals surface area contributed by atoms with Crippen LogP contribution in [0, 0.1) is 0 Å². The lowest BCUT2D eigenvalue weighted by atomic mass is 9.70. The highest BCUT2D eigenvalue weighted by atomic mass is 15.0. The maximum absolute atomic E-state index is 5.24. The predicted octanol–water partition coefficient (Wildman–Crippen LogP) is 15.4. The van der Waals surface area contributed by atoms with Gasteiger partial charge in [-0.2, -0.15) is 0 Å². The second-order valence-corrected chi connectivity index (χ2v) is 17.1. The van der Waals surface area contributed by atoms with Crippen molar-refractivity contribution < 1.29 is 0 Å². The first-order valence-corrected chi connectivity index (χ1v) is 22.3. The van der Waals surface area contributed by atoms with E-state index in [1.807, 2.05) is 6.07 Å². The Morgan fingerprint density at radius 3 is 1.28 bits per heavy atom. The van der Waals surface area contributed by atoms with Gasteiger partial charge < -0.3 is 0 Å². The summed E-state index contributed by atoms with van der Waals surface area (Å²) in [5.74, 6) is 1.89. The maximum Gasteiger partial charge on any atom is 0.164 e. The van der Waals surface area contributed by atoms with E-state index < -0.39 is 0 Å². The normalized spacial score (nSPS) is 12.7. The fourth-order valence-electron chi connectivity index (χ4n) is 10.6. The highest BCUT2D eigenvalue weighted by Gasteiger charge is 2.51. The second kappa shape index (κ2) is 14.8. The summed E-state index contributed by atoms with van der Waals surface area (Å²) in [5, 5.41) is 2.31. The van der Waals surface area contributed by atoms with Crippen molar-refractivity contribution in [1.29, 1.82) is 0 Å². The van der Waals surface area contributed by atoms with Crippen LogP contribution in [0.25, 0.3) is 101 Å². The lowest BCUT2D eigenvalue weighted by Crippen LogP contribution is -2.25. The Labute approximate surface area is 378 Å². The Hall–Kier alpha value is -8.53. The smallest absolute Gasteiger partial charge is 0.164 e. The van der Waals surface area contributed by atoms with E-state index in [-0.39, 0.29) is 5.41 Å². The van der Waals surface area contributed by atoms with Gasteiger partial charge in [-0.25, -0.2) is 15.0 Å². The van der Waals surface area contributed by atoms with Crippen molar-refractivity contribution in [3.8, 4) is 89.8 Å². The van der Waals surface area contributed by atoms with E-state index in [0.717, 1.165) is 49.9 Å². The van der Waals surface area contributed by atoms with E-state index >= 15 is 0 Å². The van der Waals surface area contributed by atoms with Crippen molar-refractivity contribution in [2.24, 2.45) is 0 Å². The summed E-state index contributed by atoms with van der Waals surface area (Å²) in [6.45, 7) is 0. The Kier molecular flexibility index (Phi) is 8.44. The van der Waals surface area contributed by atoms with Crippen LogP contribution in [0.15, 0.2) is 237 Å². The van der Waals surface area contributed by atoms with E-state index in [1.54, 1.807) is 0 Å². The lowest BCUT2D eigenvalue weighted by molar-refractivity contribution is 0.794. The zero-order valence-electron chi connectivity index (χ0n) is 35.4. The van der Waals surface area contributed by atoms with E-state index in [1.165, 1.54) is 55.5 Å². The molecular weight excluding hydrogens is 787 g/mol. The molecule has 1 heterocycles. The third-order valence-electron chi connectivity index (χ3n) is 13.6. The molecule has 0 amide bonds. The van der Waals surface area contributed by atoms with Gasteiger partial charge in [-0.3, -0.25) is 0 Å². The molecule has 0 saturated carbocycles. The van der Waals surface area contributed by atoms with Crippen LogP contribution in [0.5, 0.6) is 0 Å². The number of fused-ring (bicyclic) bond motifs is 11. The van der Waals surface area contributed by atoms with Crippen LogP contribution < -0.4 is 0 Å². The van der Waals surface area contributed by atoms with Crippen LogP contribution in [0.2, 0.25) is 0 Å². The number of benzene rings is 10. The molecule has 10 aromatic carbocycles. The van der Waals surface area contributed by atoms with E-state index in [0.29, 0.717) is 17.5 Å². The molecule has 11 aromatic rings. The monoisotopic (exact) mass is 825 g/mol. The number of aromatic nitrogens is 3. The molecule has 3 heteroatoms. The molecule has 302 valence electrons. The third-order valence-corrected chi connectivity index (χ3v) is 13.6. The minimum absolute atomic E-state index is 0.384. The van der Waals surface area contributed by atoms with Crippen LogP contribution in [0.4, 0.5) is 0 Å². The standard InChI is InChI=1S/C62H39N3/c1-3-15-40(16-4-1)42-27-30-44(31-28-42)59-63-60(47-32-29-41-17-7-8-20-45(41)37-47)65-61(64-59)48-33-35-49(53(39-48)43-18-5-2-6-19-43)46-34-36-58-54(38-46)52-23-11-14-26-57(52)62(58)55-24-12-9-21-50(55)51-22-10-13-25-56(51)62/h1-39H. The molecule has 1 aromatic heterocycles. The number of rotatable bonds is 6. The fourth-order valence-corrected chi connectivity index (χ4v) is 10.6. The van der Waals surface area contributed by atoms with Crippen molar-refractivity contribution in [3.63, 3.8) is 0 Å². The molecule has 0 unspecified atom stereocenters. The first kappa shape index (κ1) is 37.1. The van der Waals surface area contributed by atoms with Crippen LogP contribution >= 0.6 is 0 Å². The highest BCUT2D eigenvalue weighted by Crippen LogP contribution is 2.63. The van der Waals surface area contributed by atoms with Gasteiger partial charge in [0.15, 0.2) is 17.5 Å². The first-order chi connectivity index (χ1) is 32.2. The third kappa shape index (κ3) is 5.86. The zero-order chi connectivity index (χ0) is 42.9. The van der Waals surface area contributed by atoms with Crippen molar-refractivity contribution in [3.05, 3.63) is 259 Å². The van der Waals surface area contributed by atoms with E-state index in [2.05, 4.69) is 231 Å². The Balaban J connectivity index is 0.976. The molecule has 0 fully saturated rings. The Morgan fingerprint density at radius 1 is 0.215 bits per heavy atom. The number of nitrogens with zero attached hydrogens (tertiary/aromatic N) is 3. The van der Waals surface area contributed by atoms with Gasteiger partial charge in [-0.05, 0) is 107 Å². The molecule has 0 atom stereocenters. The summed E-state index contributed by atoms with van der Waals surface area (Å²) in [6.07, 6.45) is 0. The summed E-state index contributed by atoms with van der Waals surface area (Å²) in [6, 6.07) is 85.3. The largest absolute Gasteiger partial charge is 0.208 e. The van der Waals surface area contributed by atoms with Crippen LogP contribution in [0.1, 0.15) is 22.3 Å². The fraction of sp³-hybridized carbons (Fsp3) is 0.0161. The number of hydrogen-bond acceptors (Lipinski definition) is 3. The molecule has 13 rings (SSSR count). The molecule has 0 radical (unpaired) electrons. The van der Waals surface area contributed by atoms with Gasteiger partial charge in [-0.15, -0.1) is 0 Å². The lowest BCUT2D eigenvalue weighted by Gasteiger charge is -2.30. The van der Waals surface area contributed by atoms with Crippen molar-refractivity contribution in [2.75, 3.05) is 0 Å². The minimum atomic E-state index is -0.384. The molecule has 0 saturated heterocycles. The van der Waals surface area contributed by atoms with Crippen molar-refractivity contribution in [2.45, 2.75) is 5.41 Å². The molecule has 65 heavy (non-hydrogen) atoms. The maximum atomic E-state index is 5.24. The molecular formula is C62H39N3. The molecule has 0 N–H and O–H groups in total. The average molecular weight is 826 g/mol. The molecule has 0 bridgehead atoms. The summed E-state index contributed by atoms with van der Waals surface area (Å²) in [5.41, 5.74) is 19.8. The Bertz CT molecular complexity index is 3600. The highest BCUT2D eigenvalue weighted by molar-refractivity contribution is 5.97. The van der Waals surface area contributed by atoms with Crippen LogP contribution in [0.3, 0.4) is 0 Å². The van der Waals surface area contributed by atoms with E-state index in [9.17, 15) is 0 Å². The molecule has 1 spiro atoms. The average Bonchev–Trinajstić information content (AvgIpc) is 3.86. The minimum Gasteiger partial charge on any atom is -0.208 e. The first-order valence-electron chi connectivity index (χ1n) is 22.3. The summed E-state index contributed by atoms with van der Waals surface area (Å²) >= 11 is 0. The van der Waals surface area contributed by atoms with Crippen molar-refractivity contribution in [1.82, 2.24) is 15.0 Å². The van der Waals surface area contributed by atoms with Crippen LogP contribution in [-0.4, -0.2) is 15.0 Å². The topological polar surface area (TPSA) is 38.7 Å². The molecule has 3 nitrogen and oxygen atoms in total. The summed E-state index contributed by atoms with van der Waals surface area (Å²) in [7, 11) is 0. The van der Waals surface area contributed by atoms with Crippen molar-refractivity contribution >= 4 is 10.8 Å². The molecule has 0 aliphatic heterocycles. The van der Waals surface area contributed by atoms with E-state index in [4.69, 9.17) is 15.0 Å². The van der Waals surface area contributed by atoms with Gasteiger partial charge >= 0.3 is 0 Å². The quantitative estimate of drug-likeness (QED) is 0.168. The molecule has 2 aliphatic rings. The Morgan fingerprint density at radius 2 is 0.631 bits per heavy atom. The molecule has 2 aliphatic carbocycles. The van der Waals surface area contributed by atoms with Crippen LogP contribution in [-0.2, 0) is 5.41 Å². The SMILES string of the molecule is c1ccc(-c2ccc(-c3nc(-c4ccc(-c5ccc6c(c5)-c5ccccc5C65c6ccccc6-c6ccccc65)c(-c5ccccc5)c4)nc(-c4ccc5ccccc5c4)n3)cc2)cc1. The summed E-state index contributed by atoms with van der Waals surface area (Å²) in [4.78, 5) is 15.6. The second-order valence-electron chi connectivity index (χ2n) is 17.1. The van der Waals surface area contributed by atoms with Gasteiger partial charge in [0.05, 0.1) is 5.41 Å². The van der Waals surface area contributed by atoms with Gasteiger partial charge in [0, 0.05) is 16.7 Å².